The number of aldehydes is 1. The van der Waals surface area contributed by atoms with Gasteiger partial charge in [0.25, 0.3) is 0 Å². The van der Waals surface area contributed by atoms with Crippen molar-refractivity contribution >= 4 is 11.9 Å². The standard InChI is InChI=1S/C11H9FN2O2/c12-10-2-7(1-8(5-15)11(10)16)9-3-13-6-14-4-9/h1-6,8,11,16H. The fourth-order valence-corrected chi connectivity index (χ4v) is 1.51. The maximum absolute atomic E-state index is 13.3. The first-order valence-corrected chi connectivity index (χ1v) is 4.70. The molecule has 1 aromatic rings. The molecule has 82 valence electrons. The van der Waals surface area contributed by atoms with Gasteiger partial charge in [0.2, 0.25) is 0 Å². The number of allylic oxidation sites excluding steroid dienone is 2. The van der Waals surface area contributed by atoms with Gasteiger partial charge in [-0.25, -0.2) is 14.4 Å². The molecule has 1 heterocycles. The number of aliphatic hydroxyl groups is 1. The summed E-state index contributed by atoms with van der Waals surface area (Å²) in [5, 5.41) is 9.35. The van der Waals surface area contributed by atoms with E-state index in [-0.39, 0.29) is 0 Å². The number of rotatable bonds is 2. The summed E-state index contributed by atoms with van der Waals surface area (Å²) < 4.78 is 13.3. The van der Waals surface area contributed by atoms with Crippen LogP contribution in [0.25, 0.3) is 5.57 Å². The molecular formula is C11H9FN2O2. The zero-order valence-corrected chi connectivity index (χ0v) is 8.25. The highest BCUT2D eigenvalue weighted by Gasteiger charge is 2.25. The summed E-state index contributed by atoms with van der Waals surface area (Å²) in [7, 11) is 0. The minimum absolute atomic E-state index is 0.500. The molecule has 2 rings (SSSR count). The van der Waals surface area contributed by atoms with E-state index in [9.17, 15) is 14.3 Å². The molecule has 0 aromatic carbocycles. The Hall–Kier alpha value is -1.88. The van der Waals surface area contributed by atoms with Gasteiger partial charge in [0.1, 0.15) is 24.5 Å². The molecule has 0 spiro atoms. The minimum atomic E-state index is -1.38. The second kappa shape index (κ2) is 4.32. The lowest BCUT2D eigenvalue weighted by molar-refractivity contribution is -0.112. The van der Waals surface area contributed by atoms with Gasteiger partial charge in [0, 0.05) is 18.0 Å². The maximum atomic E-state index is 13.3. The zero-order chi connectivity index (χ0) is 11.5. The lowest BCUT2D eigenvalue weighted by Gasteiger charge is -2.19. The van der Waals surface area contributed by atoms with Gasteiger partial charge < -0.3 is 9.90 Å². The van der Waals surface area contributed by atoms with Crippen LogP contribution in [0.15, 0.2) is 36.7 Å². The quantitative estimate of drug-likeness (QED) is 0.752. The summed E-state index contributed by atoms with van der Waals surface area (Å²) in [6.07, 6.45) is 6.21. The first-order chi connectivity index (χ1) is 7.72. The van der Waals surface area contributed by atoms with E-state index in [2.05, 4.69) is 9.97 Å². The van der Waals surface area contributed by atoms with E-state index < -0.39 is 17.8 Å². The van der Waals surface area contributed by atoms with Gasteiger partial charge in [-0.15, -0.1) is 0 Å². The van der Waals surface area contributed by atoms with Crippen molar-refractivity contribution in [2.75, 3.05) is 0 Å². The van der Waals surface area contributed by atoms with Crippen LogP contribution in [0.5, 0.6) is 0 Å². The minimum Gasteiger partial charge on any atom is -0.385 e. The van der Waals surface area contributed by atoms with Crippen molar-refractivity contribution in [3.63, 3.8) is 0 Å². The lowest BCUT2D eigenvalue weighted by Crippen LogP contribution is -2.23. The summed E-state index contributed by atoms with van der Waals surface area (Å²) in [4.78, 5) is 18.3. The van der Waals surface area contributed by atoms with Crippen LogP contribution in [0.1, 0.15) is 5.56 Å². The summed E-state index contributed by atoms with van der Waals surface area (Å²) in [5.74, 6) is -1.58. The summed E-state index contributed by atoms with van der Waals surface area (Å²) in [6, 6.07) is 0. The van der Waals surface area contributed by atoms with Crippen molar-refractivity contribution in [2.45, 2.75) is 6.10 Å². The van der Waals surface area contributed by atoms with E-state index in [1.807, 2.05) is 0 Å². The van der Waals surface area contributed by atoms with E-state index in [1.54, 1.807) is 0 Å². The van der Waals surface area contributed by atoms with Gasteiger partial charge >= 0.3 is 0 Å². The topological polar surface area (TPSA) is 63.1 Å². The molecule has 1 aromatic heterocycles. The number of hydrogen-bond acceptors (Lipinski definition) is 4. The van der Waals surface area contributed by atoms with Crippen molar-refractivity contribution in [3.8, 4) is 0 Å². The molecule has 2 atom stereocenters. The number of carbonyl (C=O) groups is 1. The van der Waals surface area contributed by atoms with E-state index in [1.165, 1.54) is 30.9 Å². The Labute approximate surface area is 91.2 Å². The second-order valence-electron chi connectivity index (χ2n) is 3.44. The van der Waals surface area contributed by atoms with Gasteiger partial charge in [-0.2, -0.15) is 0 Å². The molecule has 2 unspecified atom stereocenters. The van der Waals surface area contributed by atoms with Gasteiger partial charge in [-0.3, -0.25) is 0 Å². The van der Waals surface area contributed by atoms with E-state index in [0.717, 1.165) is 0 Å². The zero-order valence-electron chi connectivity index (χ0n) is 8.25. The Kier molecular flexibility index (Phi) is 2.87. The number of carbonyl (C=O) groups excluding carboxylic acids is 1. The van der Waals surface area contributed by atoms with Gasteiger partial charge in [-0.1, -0.05) is 6.08 Å². The van der Waals surface area contributed by atoms with Crippen molar-refractivity contribution in [2.24, 2.45) is 5.92 Å². The first-order valence-electron chi connectivity index (χ1n) is 4.70. The Morgan fingerprint density at radius 1 is 1.38 bits per heavy atom. The number of halogens is 1. The maximum Gasteiger partial charge on any atom is 0.130 e. The van der Waals surface area contributed by atoms with E-state index in [0.29, 0.717) is 17.4 Å². The average Bonchev–Trinajstić information content (AvgIpc) is 2.33. The van der Waals surface area contributed by atoms with Gasteiger partial charge in [0.15, 0.2) is 0 Å². The van der Waals surface area contributed by atoms with Crippen LogP contribution in [-0.2, 0) is 4.79 Å². The van der Waals surface area contributed by atoms with Crippen LogP contribution in [0.4, 0.5) is 4.39 Å². The third kappa shape index (κ3) is 1.90. The van der Waals surface area contributed by atoms with Crippen LogP contribution in [0.2, 0.25) is 0 Å². The van der Waals surface area contributed by atoms with Crippen LogP contribution in [0.3, 0.4) is 0 Å². The SMILES string of the molecule is O=CC1C=C(c2cncnc2)C=C(F)C1O. The molecule has 0 amide bonds. The van der Waals surface area contributed by atoms with Crippen molar-refractivity contribution in [3.05, 3.63) is 42.3 Å². The largest absolute Gasteiger partial charge is 0.385 e. The van der Waals surface area contributed by atoms with Crippen LogP contribution in [-0.4, -0.2) is 27.5 Å². The van der Waals surface area contributed by atoms with E-state index >= 15 is 0 Å². The van der Waals surface area contributed by atoms with Crippen molar-refractivity contribution < 1.29 is 14.3 Å². The molecule has 5 heteroatoms. The first kappa shape index (κ1) is 10.6. The van der Waals surface area contributed by atoms with Gasteiger partial charge in [0.05, 0.1) is 5.92 Å². The highest BCUT2D eigenvalue weighted by atomic mass is 19.1. The Balaban J connectivity index is 2.39. The predicted octanol–water partition coefficient (Wildman–Crippen LogP) is 0.903. The molecule has 1 aliphatic carbocycles. The smallest absolute Gasteiger partial charge is 0.130 e. The normalized spacial score (nSPS) is 24.6. The fourth-order valence-electron chi connectivity index (χ4n) is 1.51. The summed E-state index contributed by atoms with van der Waals surface area (Å²) >= 11 is 0. The number of hydrogen-bond donors (Lipinski definition) is 1. The molecule has 16 heavy (non-hydrogen) atoms. The highest BCUT2D eigenvalue weighted by Crippen LogP contribution is 2.28. The number of aromatic nitrogens is 2. The molecule has 0 bridgehead atoms. The lowest BCUT2D eigenvalue weighted by atomic mass is 9.91. The molecule has 1 aliphatic rings. The van der Waals surface area contributed by atoms with Crippen molar-refractivity contribution in [1.29, 1.82) is 0 Å². The Bertz CT molecular complexity index is 456. The van der Waals surface area contributed by atoms with Crippen LogP contribution < -0.4 is 0 Å². The third-order valence-electron chi connectivity index (χ3n) is 2.36. The predicted molar refractivity (Wildman–Crippen MR) is 54.8 cm³/mol. The van der Waals surface area contributed by atoms with E-state index in [4.69, 9.17) is 0 Å². The Morgan fingerprint density at radius 2 is 2.06 bits per heavy atom. The third-order valence-corrected chi connectivity index (χ3v) is 2.36. The van der Waals surface area contributed by atoms with Crippen LogP contribution in [0, 0.1) is 5.92 Å². The number of nitrogens with zero attached hydrogens (tertiary/aromatic N) is 2. The molecule has 0 fully saturated rings. The molecule has 0 aliphatic heterocycles. The number of aliphatic hydroxyl groups excluding tert-OH is 1. The van der Waals surface area contributed by atoms with Crippen LogP contribution >= 0.6 is 0 Å². The molecule has 0 saturated carbocycles. The summed E-state index contributed by atoms with van der Waals surface area (Å²) in [6.45, 7) is 0. The summed E-state index contributed by atoms with van der Waals surface area (Å²) in [5.41, 5.74) is 1.11. The molecule has 1 N–H and O–H groups in total. The fraction of sp³-hybridized carbons (Fsp3) is 0.182. The highest BCUT2D eigenvalue weighted by molar-refractivity contribution is 5.79. The molecular weight excluding hydrogens is 211 g/mol. The average molecular weight is 220 g/mol. The second-order valence-corrected chi connectivity index (χ2v) is 3.44. The van der Waals surface area contributed by atoms with Crippen molar-refractivity contribution in [1.82, 2.24) is 9.97 Å². The molecule has 0 saturated heterocycles. The van der Waals surface area contributed by atoms with Gasteiger partial charge in [-0.05, 0) is 11.6 Å². The molecule has 0 radical (unpaired) electrons. The molecule has 4 nitrogen and oxygen atoms in total. The Morgan fingerprint density at radius 3 is 2.69 bits per heavy atom. The monoisotopic (exact) mass is 220 g/mol.